The van der Waals surface area contributed by atoms with Gasteiger partial charge in [0, 0.05) is 13.2 Å². The predicted octanol–water partition coefficient (Wildman–Crippen LogP) is 2.95. The van der Waals surface area contributed by atoms with E-state index in [1.807, 2.05) is 25.2 Å². The number of halogens is 1. The zero-order valence-corrected chi connectivity index (χ0v) is 8.52. The summed E-state index contributed by atoms with van der Waals surface area (Å²) in [5.41, 5.74) is 0. The summed E-state index contributed by atoms with van der Waals surface area (Å²) in [6.07, 6.45) is 1.76. The lowest BCUT2D eigenvalue weighted by molar-refractivity contribution is 0.628. The molecule has 0 saturated carbocycles. The number of hydrogen-bond acceptors (Lipinski definition) is 2. The Morgan fingerprint density at radius 2 is 1.67 bits per heavy atom. The van der Waals surface area contributed by atoms with Gasteiger partial charge in [-0.1, -0.05) is 24.3 Å². The molecule has 0 saturated heterocycles. The molecule has 0 aliphatic carbocycles. The molecule has 1 heterocycles. The third-order valence-electron chi connectivity index (χ3n) is 1.65. The van der Waals surface area contributed by atoms with Crippen LogP contribution in [0.15, 0.2) is 54.7 Å². The predicted molar refractivity (Wildman–Crippen MR) is 60.2 cm³/mol. The van der Waals surface area contributed by atoms with E-state index in [9.17, 15) is 4.39 Å². The Kier molecular flexibility index (Phi) is 4.87. The number of rotatable bonds is 1. The van der Waals surface area contributed by atoms with Crippen LogP contribution in [0.5, 0.6) is 0 Å². The fraction of sp³-hybridized carbons (Fsp3) is 0.0833. The highest BCUT2D eigenvalue weighted by Crippen LogP contribution is 1.95. The van der Waals surface area contributed by atoms with Crippen molar-refractivity contribution in [3.63, 3.8) is 0 Å². The number of aromatic nitrogens is 1. The van der Waals surface area contributed by atoms with Crippen molar-refractivity contribution in [3.05, 3.63) is 60.5 Å². The molecule has 0 unspecified atom stereocenters. The molecule has 1 N–H and O–H groups in total. The highest BCUT2D eigenvalue weighted by Gasteiger charge is 1.79. The van der Waals surface area contributed by atoms with Crippen molar-refractivity contribution in [2.75, 3.05) is 12.4 Å². The summed E-state index contributed by atoms with van der Waals surface area (Å²) in [4.78, 5) is 3.99. The molecule has 1 aromatic heterocycles. The molecule has 0 atom stereocenters. The first-order valence-electron chi connectivity index (χ1n) is 4.62. The van der Waals surface area contributed by atoms with E-state index in [-0.39, 0.29) is 5.82 Å². The van der Waals surface area contributed by atoms with Crippen LogP contribution in [0.1, 0.15) is 0 Å². The topological polar surface area (TPSA) is 24.9 Å². The smallest absolute Gasteiger partial charge is 0.125 e. The third-order valence-corrected chi connectivity index (χ3v) is 1.65. The molecule has 1 aromatic carbocycles. The molecular weight excluding hydrogens is 191 g/mol. The zero-order chi connectivity index (χ0) is 10.9. The summed E-state index contributed by atoms with van der Waals surface area (Å²) < 4.78 is 11.9. The first-order chi connectivity index (χ1) is 7.33. The minimum Gasteiger partial charge on any atom is -0.373 e. The Labute approximate surface area is 88.8 Å². The van der Waals surface area contributed by atoms with E-state index >= 15 is 0 Å². The fourth-order valence-electron chi connectivity index (χ4n) is 0.925. The lowest BCUT2D eigenvalue weighted by Crippen LogP contribution is -1.88. The van der Waals surface area contributed by atoms with Crippen LogP contribution in [0.4, 0.5) is 10.2 Å². The molecular formula is C12H13FN2. The van der Waals surface area contributed by atoms with Crippen LogP contribution in [0, 0.1) is 5.82 Å². The van der Waals surface area contributed by atoms with Gasteiger partial charge in [-0.05, 0) is 24.3 Å². The molecule has 0 aliphatic heterocycles. The van der Waals surface area contributed by atoms with Crippen molar-refractivity contribution in [2.24, 2.45) is 0 Å². The van der Waals surface area contributed by atoms with E-state index in [4.69, 9.17) is 0 Å². The van der Waals surface area contributed by atoms with Gasteiger partial charge in [0.05, 0.1) is 0 Å². The standard InChI is InChI=1S/C6H5F.C6H8N2/c7-6-4-2-1-3-5-6;1-7-6-4-2-3-5-8-6/h1-5H;2-5H,1H3,(H,7,8). The van der Waals surface area contributed by atoms with E-state index in [1.165, 1.54) is 12.1 Å². The largest absolute Gasteiger partial charge is 0.373 e. The van der Waals surface area contributed by atoms with E-state index in [2.05, 4.69) is 10.3 Å². The van der Waals surface area contributed by atoms with Crippen molar-refractivity contribution in [2.45, 2.75) is 0 Å². The summed E-state index contributed by atoms with van der Waals surface area (Å²) in [6, 6.07) is 13.7. The molecule has 0 spiro atoms. The average Bonchev–Trinajstić information content (AvgIpc) is 2.32. The van der Waals surface area contributed by atoms with Crippen LogP contribution < -0.4 is 5.32 Å². The first-order valence-corrected chi connectivity index (χ1v) is 4.62. The Balaban J connectivity index is 0.000000151. The van der Waals surface area contributed by atoms with Gasteiger partial charge in [-0.2, -0.15) is 0 Å². The molecule has 78 valence electrons. The second-order valence-corrected chi connectivity index (χ2v) is 2.76. The maximum Gasteiger partial charge on any atom is 0.125 e. The van der Waals surface area contributed by atoms with Crippen molar-refractivity contribution in [3.8, 4) is 0 Å². The molecule has 0 bridgehead atoms. The lowest BCUT2D eigenvalue weighted by Gasteiger charge is -1.92. The molecule has 0 fully saturated rings. The van der Waals surface area contributed by atoms with Crippen LogP contribution in [0.25, 0.3) is 0 Å². The summed E-state index contributed by atoms with van der Waals surface area (Å²) in [6.45, 7) is 0. The fourth-order valence-corrected chi connectivity index (χ4v) is 0.925. The first kappa shape index (κ1) is 11.2. The zero-order valence-electron chi connectivity index (χ0n) is 8.52. The molecule has 3 heteroatoms. The number of anilines is 1. The highest BCUT2D eigenvalue weighted by atomic mass is 19.1. The van der Waals surface area contributed by atoms with E-state index < -0.39 is 0 Å². The van der Waals surface area contributed by atoms with Gasteiger partial charge in [0.1, 0.15) is 11.6 Å². The van der Waals surface area contributed by atoms with Crippen LogP contribution in [-0.2, 0) is 0 Å². The summed E-state index contributed by atoms with van der Waals surface area (Å²) in [5.74, 6) is 0.731. The minimum atomic E-state index is -0.178. The number of nitrogens with one attached hydrogen (secondary N) is 1. The van der Waals surface area contributed by atoms with Gasteiger partial charge >= 0.3 is 0 Å². The van der Waals surface area contributed by atoms with Gasteiger partial charge in [-0.3, -0.25) is 0 Å². The highest BCUT2D eigenvalue weighted by molar-refractivity contribution is 5.31. The molecule has 2 nitrogen and oxygen atoms in total. The van der Waals surface area contributed by atoms with Crippen molar-refractivity contribution in [1.29, 1.82) is 0 Å². The summed E-state index contributed by atoms with van der Waals surface area (Å²) in [7, 11) is 1.85. The maximum atomic E-state index is 11.9. The van der Waals surface area contributed by atoms with Crippen molar-refractivity contribution in [1.82, 2.24) is 4.98 Å². The Morgan fingerprint density at radius 1 is 1.00 bits per heavy atom. The second kappa shape index (κ2) is 6.54. The summed E-state index contributed by atoms with van der Waals surface area (Å²) in [5, 5.41) is 2.92. The van der Waals surface area contributed by atoms with E-state index in [0.717, 1.165) is 5.82 Å². The second-order valence-electron chi connectivity index (χ2n) is 2.76. The average molecular weight is 204 g/mol. The van der Waals surface area contributed by atoms with Gasteiger partial charge in [0.2, 0.25) is 0 Å². The molecule has 0 amide bonds. The van der Waals surface area contributed by atoms with Gasteiger partial charge in [0.25, 0.3) is 0 Å². The van der Waals surface area contributed by atoms with Gasteiger partial charge in [0.15, 0.2) is 0 Å². The van der Waals surface area contributed by atoms with Crippen molar-refractivity contribution < 1.29 is 4.39 Å². The monoisotopic (exact) mass is 204 g/mol. The van der Waals surface area contributed by atoms with Gasteiger partial charge in [-0.15, -0.1) is 0 Å². The number of benzene rings is 1. The van der Waals surface area contributed by atoms with Crippen LogP contribution in [-0.4, -0.2) is 12.0 Å². The molecule has 15 heavy (non-hydrogen) atoms. The Bertz CT molecular complexity index is 362. The summed E-state index contributed by atoms with van der Waals surface area (Å²) >= 11 is 0. The Hall–Kier alpha value is -1.90. The number of pyridine rings is 1. The molecule has 0 radical (unpaired) electrons. The van der Waals surface area contributed by atoms with Gasteiger partial charge < -0.3 is 5.32 Å². The van der Waals surface area contributed by atoms with Crippen molar-refractivity contribution >= 4 is 5.82 Å². The lowest BCUT2D eigenvalue weighted by atomic mass is 10.4. The van der Waals surface area contributed by atoms with Crippen LogP contribution in [0.2, 0.25) is 0 Å². The quantitative estimate of drug-likeness (QED) is 0.772. The number of nitrogens with zero attached hydrogens (tertiary/aromatic N) is 1. The van der Waals surface area contributed by atoms with Crippen LogP contribution in [0.3, 0.4) is 0 Å². The maximum absolute atomic E-state index is 11.9. The normalized spacial score (nSPS) is 8.67. The molecule has 0 aliphatic rings. The van der Waals surface area contributed by atoms with Crippen LogP contribution >= 0.6 is 0 Å². The SMILES string of the molecule is CNc1ccccn1.Fc1ccccc1. The van der Waals surface area contributed by atoms with Gasteiger partial charge in [-0.25, -0.2) is 9.37 Å². The molecule has 2 aromatic rings. The van der Waals surface area contributed by atoms with E-state index in [1.54, 1.807) is 24.4 Å². The minimum absolute atomic E-state index is 0.178. The van der Waals surface area contributed by atoms with E-state index in [0.29, 0.717) is 0 Å². The molecule has 2 rings (SSSR count). The number of hydrogen-bond donors (Lipinski definition) is 1. The third kappa shape index (κ3) is 4.76. The Morgan fingerprint density at radius 3 is 2.00 bits per heavy atom.